The highest BCUT2D eigenvalue weighted by Gasteiger charge is 2.42. The molecule has 1 saturated heterocycles. The second-order valence-electron chi connectivity index (χ2n) is 8.97. The number of aliphatic imine (C=N–C) groups is 1. The van der Waals surface area contributed by atoms with Crippen LogP contribution in [0.5, 0.6) is 0 Å². The maximum absolute atomic E-state index is 12.9. The minimum atomic E-state index is -0.349. The summed E-state index contributed by atoms with van der Waals surface area (Å²) < 4.78 is 5.97. The summed E-state index contributed by atoms with van der Waals surface area (Å²) in [5, 5.41) is 6.89. The van der Waals surface area contributed by atoms with Crippen molar-refractivity contribution >= 4 is 11.9 Å². The summed E-state index contributed by atoms with van der Waals surface area (Å²) in [6.07, 6.45) is 6.53. The van der Waals surface area contributed by atoms with Gasteiger partial charge in [-0.1, -0.05) is 12.8 Å². The Morgan fingerprint density at radius 3 is 2.47 bits per heavy atom. The predicted molar refractivity (Wildman–Crippen MR) is 121 cm³/mol. The molecule has 1 aromatic heterocycles. The monoisotopic (exact) mass is 417 g/mol. The Morgan fingerprint density at radius 2 is 1.90 bits per heavy atom. The molecule has 2 fully saturated rings. The third kappa shape index (κ3) is 5.36. The van der Waals surface area contributed by atoms with Crippen LogP contribution in [0.4, 0.5) is 0 Å². The number of rotatable bonds is 8. The molecule has 7 heteroatoms. The van der Waals surface area contributed by atoms with E-state index in [4.69, 9.17) is 9.41 Å². The standard InChI is InChI=1S/C23H39N5O2/c1-5-24-22(26-17-23(12-6-7-13-23)21(29)27(3)4)25-16-19(28-14-8-9-15-28)20-11-10-18(2)30-20/h10-11,19H,5-9,12-17H2,1-4H3,(H2,24,25,26). The molecule has 3 rings (SSSR count). The maximum Gasteiger partial charge on any atom is 0.230 e. The van der Waals surface area contributed by atoms with E-state index < -0.39 is 0 Å². The van der Waals surface area contributed by atoms with Gasteiger partial charge < -0.3 is 20.0 Å². The van der Waals surface area contributed by atoms with Crippen molar-refractivity contribution in [1.82, 2.24) is 20.4 Å². The van der Waals surface area contributed by atoms with Gasteiger partial charge in [-0.05, 0) is 64.8 Å². The number of aryl methyl sites for hydroxylation is 1. The third-order valence-electron chi connectivity index (χ3n) is 6.44. The molecular weight excluding hydrogens is 378 g/mol. The summed E-state index contributed by atoms with van der Waals surface area (Å²) in [6.45, 7) is 8.31. The summed E-state index contributed by atoms with van der Waals surface area (Å²) in [7, 11) is 3.70. The van der Waals surface area contributed by atoms with Gasteiger partial charge in [-0.15, -0.1) is 0 Å². The average Bonchev–Trinajstić information content (AvgIpc) is 3.48. The molecule has 0 bridgehead atoms. The zero-order valence-corrected chi connectivity index (χ0v) is 19.2. The number of amides is 1. The molecule has 7 nitrogen and oxygen atoms in total. The summed E-state index contributed by atoms with van der Waals surface area (Å²) >= 11 is 0. The zero-order valence-electron chi connectivity index (χ0n) is 19.2. The zero-order chi connectivity index (χ0) is 21.6. The minimum absolute atomic E-state index is 0.189. The molecular formula is C23H39N5O2. The number of guanidine groups is 1. The smallest absolute Gasteiger partial charge is 0.230 e. The average molecular weight is 418 g/mol. The molecule has 2 heterocycles. The predicted octanol–water partition coefficient (Wildman–Crippen LogP) is 2.93. The molecule has 30 heavy (non-hydrogen) atoms. The largest absolute Gasteiger partial charge is 0.465 e. The van der Waals surface area contributed by atoms with Crippen LogP contribution in [-0.2, 0) is 4.79 Å². The van der Waals surface area contributed by atoms with E-state index >= 15 is 0 Å². The lowest BCUT2D eigenvalue weighted by molar-refractivity contribution is -0.138. The summed E-state index contributed by atoms with van der Waals surface area (Å²) in [5.41, 5.74) is -0.349. The topological polar surface area (TPSA) is 73.1 Å². The quantitative estimate of drug-likeness (QED) is 0.503. The van der Waals surface area contributed by atoms with Gasteiger partial charge >= 0.3 is 0 Å². The Labute approximate surface area is 181 Å². The van der Waals surface area contributed by atoms with Crippen LogP contribution in [0.25, 0.3) is 0 Å². The molecule has 1 aliphatic carbocycles. The van der Waals surface area contributed by atoms with Gasteiger partial charge in [0.15, 0.2) is 5.96 Å². The van der Waals surface area contributed by atoms with Gasteiger partial charge in [0.1, 0.15) is 11.5 Å². The van der Waals surface area contributed by atoms with Crippen molar-refractivity contribution in [2.75, 3.05) is 46.8 Å². The first-order valence-corrected chi connectivity index (χ1v) is 11.5. The molecule has 1 aromatic rings. The van der Waals surface area contributed by atoms with Crippen LogP contribution in [0, 0.1) is 12.3 Å². The van der Waals surface area contributed by atoms with Crippen molar-refractivity contribution in [2.24, 2.45) is 10.4 Å². The van der Waals surface area contributed by atoms with Gasteiger partial charge in [0, 0.05) is 27.2 Å². The highest BCUT2D eigenvalue weighted by Crippen LogP contribution is 2.39. The van der Waals surface area contributed by atoms with E-state index in [0.717, 1.165) is 69.3 Å². The van der Waals surface area contributed by atoms with Crippen LogP contribution in [0.1, 0.15) is 63.0 Å². The number of carbonyl (C=O) groups is 1. The number of hydrogen-bond donors (Lipinski definition) is 2. The second kappa shape index (κ2) is 10.3. The Morgan fingerprint density at radius 1 is 1.20 bits per heavy atom. The molecule has 0 spiro atoms. The number of likely N-dealkylation sites (tertiary alicyclic amines) is 1. The van der Waals surface area contributed by atoms with Crippen molar-refractivity contribution in [3.63, 3.8) is 0 Å². The number of hydrogen-bond acceptors (Lipinski definition) is 4. The van der Waals surface area contributed by atoms with Gasteiger partial charge in [0.2, 0.25) is 5.91 Å². The SMILES string of the molecule is CCNC(=NCC1(C(=O)N(C)C)CCCC1)NCC(c1ccc(C)o1)N1CCCC1. The number of nitrogens with one attached hydrogen (secondary N) is 2. The van der Waals surface area contributed by atoms with Crippen molar-refractivity contribution < 1.29 is 9.21 Å². The molecule has 1 amide bonds. The Hall–Kier alpha value is -2.02. The molecule has 1 atom stereocenters. The van der Waals surface area contributed by atoms with Crippen molar-refractivity contribution in [2.45, 2.75) is 58.4 Å². The van der Waals surface area contributed by atoms with E-state index in [1.807, 2.05) is 27.1 Å². The molecule has 2 N–H and O–H groups in total. The molecule has 1 aliphatic heterocycles. The Bertz CT molecular complexity index is 715. The third-order valence-corrected chi connectivity index (χ3v) is 6.44. The summed E-state index contributed by atoms with van der Waals surface area (Å²) in [4.78, 5) is 21.9. The van der Waals surface area contributed by atoms with Gasteiger partial charge in [0.25, 0.3) is 0 Å². The van der Waals surface area contributed by atoms with E-state index in [1.54, 1.807) is 4.90 Å². The first-order valence-electron chi connectivity index (χ1n) is 11.5. The van der Waals surface area contributed by atoms with Gasteiger partial charge in [-0.3, -0.25) is 14.7 Å². The fraction of sp³-hybridized carbons (Fsp3) is 0.739. The van der Waals surface area contributed by atoms with E-state index in [1.165, 1.54) is 12.8 Å². The molecule has 1 unspecified atom stereocenters. The van der Waals surface area contributed by atoms with Crippen LogP contribution in [-0.4, -0.2) is 68.5 Å². The summed E-state index contributed by atoms with van der Waals surface area (Å²) in [5.74, 6) is 2.94. The van der Waals surface area contributed by atoms with E-state index in [-0.39, 0.29) is 17.4 Å². The van der Waals surface area contributed by atoms with Crippen LogP contribution in [0.15, 0.2) is 21.5 Å². The molecule has 0 aromatic carbocycles. The number of nitrogens with zero attached hydrogens (tertiary/aromatic N) is 3. The lowest BCUT2D eigenvalue weighted by Gasteiger charge is -2.30. The first kappa shape index (κ1) is 22.7. The van der Waals surface area contributed by atoms with Gasteiger partial charge in [0.05, 0.1) is 18.0 Å². The van der Waals surface area contributed by atoms with Crippen LogP contribution >= 0.6 is 0 Å². The lowest BCUT2D eigenvalue weighted by atomic mass is 9.85. The molecule has 2 aliphatic rings. The van der Waals surface area contributed by atoms with Gasteiger partial charge in [-0.25, -0.2) is 0 Å². The second-order valence-corrected chi connectivity index (χ2v) is 8.97. The fourth-order valence-corrected chi connectivity index (χ4v) is 4.83. The van der Waals surface area contributed by atoms with Crippen molar-refractivity contribution in [3.05, 3.63) is 23.7 Å². The lowest BCUT2D eigenvalue weighted by Crippen LogP contribution is -2.45. The highest BCUT2D eigenvalue weighted by molar-refractivity contribution is 5.84. The normalized spacial score (nSPS) is 20.3. The highest BCUT2D eigenvalue weighted by atomic mass is 16.3. The van der Waals surface area contributed by atoms with Crippen molar-refractivity contribution in [1.29, 1.82) is 0 Å². The van der Waals surface area contributed by atoms with Crippen LogP contribution in [0.3, 0.4) is 0 Å². The van der Waals surface area contributed by atoms with Crippen LogP contribution in [0.2, 0.25) is 0 Å². The van der Waals surface area contributed by atoms with E-state index in [9.17, 15) is 4.79 Å². The fourth-order valence-electron chi connectivity index (χ4n) is 4.83. The van der Waals surface area contributed by atoms with Crippen LogP contribution < -0.4 is 10.6 Å². The van der Waals surface area contributed by atoms with E-state index in [2.05, 4.69) is 28.5 Å². The maximum atomic E-state index is 12.9. The minimum Gasteiger partial charge on any atom is -0.465 e. The Kier molecular flexibility index (Phi) is 7.81. The Balaban J connectivity index is 1.70. The van der Waals surface area contributed by atoms with Gasteiger partial charge in [-0.2, -0.15) is 0 Å². The molecule has 168 valence electrons. The number of furan rings is 1. The first-order chi connectivity index (χ1) is 14.4. The summed E-state index contributed by atoms with van der Waals surface area (Å²) in [6, 6.07) is 4.32. The van der Waals surface area contributed by atoms with Crippen molar-refractivity contribution in [3.8, 4) is 0 Å². The molecule has 0 radical (unpaired) electrons. The number of carbonyl (C=O) groups excluding carboxylic acids is 1. The molecule has 1 saturated carbocycles. The van der Waals surface area contributed by atoms with E-state index in [0.29, 0.717) is 6.54 Å².